The number of nitrogens with zero attached hydrogens (tertiary/aromatic N) is 6. The second-order valence-corrected chi connectivity index (χ2v) is 6.04. The molecule has 3 aromatic heterocycles. The van der Waals surface area contributed by atoms with Crippen molar-refractivity contribution in [2.75, 3.05) is 5.32 Å². The number of rotatable bonds is 5. The zero-order valence-corrected chi connectivity index (χ0v) is 15.0. The highest BCUT2D eigenvalue weighted by Crippen LogP contribution is 2.32. The van der Waals surface area contributed by atoms with Gasteiger partial charge < -0.3 is 9.88 Å². The number of pyridine rings is 1. The van der Waals surface area contributed by atoms with E-state index in [1.54, 1.807) is 0 Å². The quantitative estimate of drug-likeness (QED) is 0.646. The highest BCUT2D eigenvalue weighted by atomic mass is 19.4. The van der Waals surface area contributed by atoms with E-state index in [1.165, 1.54) is 25.2 Å². The van der Waals surface area contributed by atoms with Crippen molar-refractivity contribution in [1.29, 1.82) is 0 Å². The van der Waals surface area contributed by atoms with Crippen LogP contribution in [0.5, 0.6) is 0 Å². The molecule has 1 amide bonds. The fourth-order valence-corrected chi connectivity index (χ4v) is 2.52. The largest absolute Gasteiger partial charge is 0.408 e. The monoisotopic (exact) mass is 415 g/mol. The molecule has 0 spiro atoms. The molecule has 0 aromatic carbocycles. The Hall–Kier alpha value is -3.38. The van der Waals surface area contributed by atoms with Crippen LogP contribution in [0.25, 0.3) is 11.5 Å². The normalized spacial score (nSPS) is 13.0. The van der Waals surface area contributed by atoms with Crippen LogP contribution in [0, 0.1) is 0 Å². The molecular formula is C16H14F5N7O. The first kappa shape index (κ1) is 20.4. The predicted molar refractivity (Wildman–Crippen MR) is 90.1 cm³/mol. The number of anilines is 1. The van der Waals surface area contributed by atoms with Crippen molar-refractivity contribution in [2.24, 2.45) is 7.05 Å². The van der Waals surface area contributed by atoms with Gasteiger partial charge in [0.1, 0.15) is 29.6 Å². The van der Waals surface area contributed by atoms with Gasteiger partial charge >= 0.3 is 6.18 Å². The minimum absolute atomic E-state index is 0.0108. The van der Waals surface area contributed by atoms with Gasteiger partial charge in [-0.3, -0.25) is 9.48 Å². The summed E-state index contributed by atoms with van der Waals surface area (Å²) in [6.07, 6.45) is -5.44. The van der Waals surface area contributed by atoms with E-state index in [0.717, 1.165) is 28.7 Å². The highest BCUT2D eigenvalue weighted by Gasteiger charge is 2.38. The SMILES string of the molecule is C[C@@H](n1cnnc1-c1cccc(NC(=O)c2cn(C)nc2C(F)F)n1)C(F)(F)F. The first-order valence-corrected chi connectivity index (χ1v) is 8.14. The van der Waals surface area contributed by atoms with Crippen LogP contribution in [0.1, 0.15) is 35.4 Å². The molecule has 29 heavy (non-hydrogen) atoms. The maximum atomic E-state index is 13.0. The second kappa shape index (κ2) is 7.56. The molecule has 0 bridgehead atoms. The van der Waals surface area contributed by atoms with Gasteiger partial charge in [-0.2, -0.15) is 18.3 Å². The van der Waals surface area contributed by atoms with Gasteiger partial charge in [-0.25, -0.2) is 13.8 Å². The van der Waals surface area contributed by atoms with E-state index < -0.39 is 30.2 Å². The molecule has 0 saturated heterocycles. The maximum Gasteiger partial charge on any atom is 0.408 e. The van der Waals surface area contributed by atoms with Gasteiger partial charge in [0.05, 0.1) is 5.56 Å². The summed E-state index contributed by atoms with van der Waals surface area (Å²) < 4.78 is 67.0. The van der Waals surface area contributed by atoms with Crippen molar-refractivity contribution >= 4 is 11.7 Å². The van der Waals surface area contributed by atoms with Crippen LogP contribution in [0.4, 0.5) is 27.8 Å². The lowest BCUT2D eigenvalue weighted by atomic mass is 10.2. The summed E-state index contributed by atoms with van der Waals surface area (Å²) in [4.78, 5) is 16.4. The molecule has 3 rings (SSSR count). The zero-order valence-electron chi connectivity index (χ0n) is 15.0. The molecule has 13 heteroatoms. The topological polar surface area (TPSA) is 90.5 Å². The summed E-state index contributed by atoms with van der Waals surface area (Å²) in [5.74, 6) is -1.12. The summed E-state index contributed by atoms with van der Waals surface area (Å²) in [6, 6.07) is 2.25. The molecule has 0 aliphatic carbocycles. The Morgan fingerprint density at radius 1 is 1.24 bits per heavy atom. The minimum atomic E-state index is -4.53. The molecule has 0 aliphatic heterocycles. The number of carbonyl (C=O) groups excluding carboxylic acids is 1. The summed E-state index contributed by atoms with van der Waals surface area (Å²) in [6.45, 7) is 0.937. The van der Waals surface area contributed by atoms with Crippen molar-refractivity contribution in [3.05, 3.63) is 42.0 Å². The molecule has 1 N–H and O–H groups in total. The van der Waals surface area contributed by atoms with Gasteiger partial charge in [0.25, 0.3) is 12.3 Å². The van der Waals surface area contributed by atoms with E-state index in [4.69, 9.17) is 0 Å². The van der Waals surface area contributed by atoms with E-state index in [0.29, 0.717) is 0 Å². The van der Waals surface area contributed by atoms with Crippen LogP contribution in [0.2, 0.25) is 0 Å². The van der Waals surface area contributed by atoms with Gasteiger partial charge in [-0.1, -0.05) is 6.07 Å². The molecule has 0 fully saturated rings. The third-order valence-corrected chi connectivity index (χ3v) is 3.99. The summed E-state index contributed by atoms with van der Waals surface area (Å²) in [7, 11) is 1.39. The Balaban J connectivity index is 1.89. The van der Waals surface area contributed by atoms with Crippen LogP contribution >= 0.6 is 0 Å². The van der Waals surface area contributed by atoms with Crippen LogP contribution in [-0.2, 0) is 7.05 Å². The van der Waals surface area contributed by atoms with E-state index in [9.17, 15) is 26.7 Å². The Labute approximate surface area is 160 Å². The van der Waals surface area contributed by atoms with Crippen LogP contribution in [0.3, 0.4) is 0 Å². The fraction of sp³-hybridized carbons (Fsp3) is 0.312. The Kier molecular flexibility index (Phi) is 5.31. The lowest BCUT2D eigenvalue weighted by Crippen LogP contribution is -2.24. The number of aryl methyl sites for hydroxylation is 1. The first-order valence-electron chi connectivity index (χ1n) is 8.14. The van der Waals surface area contributed by atoms with Gasteiger partial charge in [0, 0.05) is 13.2 Å². The van der Waals surface area contributed by atoms with Crippen LogP contribution in [-0.4, -0.2) is 41.6 Å². The standard InChI is InChI=1S/C16H14F5N7O/c1-8(16(19,20)21)28-7-22-25-14(28)10-4-3-5-11(23-10)24-15(29)9-6-27(2)26-12(9)13(17)18/h3-8,13H,1-2H3,(H,23,24,29)/t8-/m1/s1. The average molecular weight is 415 g/mol. The third kappa shape index (κ3) is 4.22. The fourth-order valence-electron chi connectivity index (χ4n) is 2.52. The maximum absolute atomic E-state index is 13.0. The Morgan fingerprint density at radius 3 is 2.62 bits per heavy atom. The molecular weight excluding hydrogens is 401 g/mol. The van der Waals surface area contributed by atoms with Gasteiger partial charge in [0.2, 0.25) is 0 Å². The summed E-state index contributed by atoms with van der Waals surface area (Å²) in [5, 5.41) is 13.0. The van der Waals surface area contributed by atoms with E-state index in [2.05, 4.69) is 25.6 Å². The number of aromatic nitrogens is 6. The Morgan fingerprint density at radius 2 is 1.97 bits per heavy atom. The molecule has 0 saturated carbocycles. The number of nitrogens with one attached hydrogen (secondary N) is 1. The number of hydrogen-bond donors (Lipinski definition) is 1. The summed E-state index contributed by atoms with van der Waals surface area (Å²) in [5.41, 5.74) is -1.03. The molecule has 1 atom stereocenters. The Bertz CT molecular complexity index is 1030. The number of alkyl halides is 5. The first-order chi connectivity index (χ1) is 13.6. The van der Waals surface area contributed by atoms with Crippen molar-refractivity contribution in [3.63, 3.8) is 0 Å². The third-order valence-electron chi connectivity index (χ3n) is 3.99. The van der Waals surface area contributed by atoms with E-state index in [1.807, 2.05) is 0 Å². The molecule has 3 heterocycles. The van der Waals surface area contributed by atoms with Gasteiger partial charge in [-0.05, 0) is 19.1 Å². The van der Waals surface area contributed by atoms with E-state index in [-0.39, 0.29) is 22.9 Å². The molecule has 154 valence electrons. The van der Waals surface area contributed by atoms with Crippen LogP contribution in [0.15, 0.2) is 30.7 Å². The van der Waals surface area contributed by atoms with Crippen molar-refractivity contribution in [2.45, 2.75) is 25.6 Å². The lowest BCUT2D eigenvalue weighted by Gasteiger charge is -2.18. The number of halogens is 5. The van der Waals surface area contributed by atoms with Gasteiger partial charge in [-0.15, -0.1) is 10.2 Å². The molecule has 0 radical (unpaired) electrons. The lowest BCUT2D eigenvalue weighted by molar-refractivity contribution is -0.162. The average Bonchev–Trinajstić information content (AvgIpc) is 3.27. The molecule has 0 aliphatic rings. The molecule has 0 unspecified atom stereocenters. The number of carbonyl (C=O) groups is 1. The predicted octanol–water partition coefficient (Wildman–Crippen LogP) is 3.39. The minimum Gasteiger partial charge on any atom is -0.306 e. The van der Waals surface area contributed by atoms with Crippen molar-refractivity contribution < 1.29 is 26.7 Å². The number of hydrogen-bond acceptors (Lipinski definition) is 5. The highest BCUT2D eigenvalue weighted by molar-refractivity contribution is 6.04. The molecule has 8 nitrogen and oxygen atoms in total. The van der Waals surface area contributed by atoms with Crippen molar-refractivity contribution in [3.8, 4) is 11.5 Å². The van der Waals surface area contributed by atoms with Crippen molar-refractivity contribution in [1.82, 2.24) is 29.5 Å². The number of amides is 1. The zero-order chi connectivity index (χ0) is 21.3. The van der Waals surface area contributed by atoms with E-state index >= 15 is 0 Å². The second-order valence-electron chi connectivity index (χ2n) is 6.04. The van der Waals surface area contributed by atoms with Crippen LogP contribution < -0.4 is 5.32 Å². The molecule has 3 aromatic rings. The van der Waals surface area contributed by atoms with Gasteiger partial charge in [0.15, 0.2) is 5.82 Å². The smallest absolute Gasteiger partial charge is 0.306 e. The summed E-state index contributed by atoms with van der Waals surface area (Å²) >= 11 is 0.